The Hall–Kier alpha value is -3.49. The molecule has 0 aliphatic heterocycles. The first-order chi connectivity index (χ1) is 12.6. The average Bonchev–Trinajstić information content (AvgIpc) is 3.31. The molecule has 0 atom stereocenters. The van der Waals surface area contributed by atoms with Crippen LogP contribution in [-0.4, -0.2) is 40.2 Å². The normalized spacial score (nSPS) is 10.5. The fourth-order valence-electron chi connectivity index (χ4n) is 2.17. The summed E-state index contributed by atoms with van der Waals surface area (Å²) in [7, 11) is 0. The van der Waals surface area contributed by atoms with E-state index in [2.05, 4.69) is 25.9 Å². The SMILES string of the molecule is Cc1nc(C(=O)NCCCNC(=O)c2cc(-c3ccccc3)on2)no1. The van der Waals surface area contributed by atoms with Gasteiger partial charge in [0, 0.05) is 31.6 Å². The molecule has 2 aromatic heterocycles. The minimum absolute atomic E-state index is 0.0115. The van der Waals surface area contributed by atoms with Crippen LogP contribution in [0.3, 0.4) is 0 Å². The quantitative estimate of drug-likeness (QED) is 0.617. The molecule has 2 heterocycles. The van der Waals surface area contributed by atoms with Crippen LogP contribution in [0.2, 0.25) is 0 Å². The molecule has 3 aromatic rings. The topological polar surface area (TPSA) is 123 Å². The van der Waals surface area contributed by atoms with Crippen LogP contribution in [0.25, 0.3) is 11.3 Å². The van der Waals surface area contributed by atoms with Gasteiger partial charge in [-0.2, -0.15) is 4.98 Å². The summed E-state index contributed by atoms with van der Waals surface area (Å²) in [6, 6.07) is 11.0. The van der Waals surface area contributed by atoms with E-state index < -0.39 is 5.91 Å². The molecule has 2 N–H and O–H groups in total. The second-order valence-corrected chi connectivity index (χ2v) is 5.44. The van der Waals surface area contributed by atoms with Gasteiger partial charge >= 0.3 is 0 Å². The molecule has 9 heteroatoms. The Morgan fingerprint density at radius 3 is 2.42 bits per heavy atom. The van der Waals surface area contributed by atoms with Crippen molar-refractivity contribution < 1.29 is 18.6 Å². The highest BCUT2D eigenvalue weighted by molar-refractivity contribution is 5.93. The maximum atomic E-state index is 12.1. The van der Waals surface area contributed by atoms with Crippen LogP contribution in [0.4, 0.5) is 0 Å². The maximum absolute atomic E-state index is 12.1. The molecule has 0 saturated carbocycles. The Kier molecular flexibility index (Phi) is 5.37. The predicted molar refractivity (Wildman–Crippen MR) is 90.3 cm³/mol. The van der Waals surface area contributed by atoms with Gasteiger partial charge in [0.25, 0.3) is 17.6 Å². The summed E-state index contributed by atoms with van der Waals surface area (Å²) in [6.45, 7) is 2.34. The Morgan fingerprint density at radius 1 is 1.00 bits per heavy atom. The van der Waals surface area contributed by atoms with Gasteiger partial charge in [-0.1, -0.05) is 40.6 Å². The lowest BCUT2D eigenvalue weighted by atomic mass is 10.1. The van der Waals surface area contributed by atoms with Crippen molar-refractivity contribution >= 4 is 11.8 Å². The van der Waals surface area contributed by atoms with Gasteiger partial charge in [0.1, 0.15) is 0 Å². The summed E-state index contributed by atoms with van der Waals surface area (Å²) in [5.41, 5.74) is 1.05. The van der Waals surface area contributed by atoms with E-state index in [-0.39, 0.29) is 17.4 Å². The highest BCUT2D eigenvalue weighted by atomic mass is 16.5. The largest absolute Gasteiger partial charge is 0.355 e. The van der Waals surface area contributed by atoms with E-state index >= 15 is 0 Å². The Labute approximate surface area is 148 Å². The van der Waals surface area contributed by atoms with Gasteiger partial charge in [-0.15, -0.1) is 0 Å². The van der Waals surface area contributed by atoms with E-state index in [0.717, 1.165) is 5.56 Å². The number of rotatable bonds is 7. The zero-order chi connectivity index (χ0) is 18.4. The summed E-state index contributed by atoms with van der Waals surface area (Å²) in [4.78, 5) is 27.6. The van der Waals surface area contributed by atoms with Crippen molar-refractivity contribution in [3.8, 4) is 11.3 Å². The van der Waals surface area contributed by atoms with Crippen molar-refractivity contribution in [1.82, 2.24) is 25.9 Å². The van der Waals surface area contributed by atoms with Gasteiger partial charge < -0.3 is 19.7 Å². The molecule has 0 bridgehead atoms. The Balaban J connectivity index is 1.40. The van der Waals surface area contributed by atoms with Crippen LogP contribution in [0, 0.1) is 6.92 Å². The molecule has 0 radical (unpaired) electrons. The highest BCUT2D eigenvalue weighted by Crippen LogP contribution is 2.19. The molecule has 0 spiro atoms. The molecule has 1 aromatic carbocycles. The van der Waals surface area contributed by atoms with Gasteiger partial charge in [0.05, 0.1) is 0 Å². The van der Waals surface area contributed by atoms with Gasteiger partial charge in [0.15, 0.2) is 11.5 Å². The van der Waals surface area contributed by atoms with Gasteiger partial charge in [-0.25, -0.2) is 0 Å². The number of aryl methyl sites for hydroxylation is 1. The molecule has 0 aliphatic carbocycles. The van der Waals surface area contributed by atoms with Crippen molar-refractivity contribution in [3.05, 3.63) is 53.8 Å². The van der Waals surface area contributed by atoms with E-state index in [4.69, 9.17) is 9.05 Å². The number of carbonyl (C=O) groups excluding carboxylic acids is 2. The van der Waals surface area contributed by atoms with Crippen molar-refractivity contribution in [2.75, 3.05) is 13.1 Å². The molecule has 2 amide bonds. The zero-order valence-electron chi connectivity index (χ0n) is 14.1. The van der Waals surface area contributed by atoms with Crippen molar-refractivity contribution in [2.45, 2.75) is 13.3 Å². The van der Waals surface area contributed by atoms with Crippen LogP contribution in [0.1, 0.15) is 33.4 Å². The number of benzene rings is 1. The molecular weight excluding hydrogens is 338 g/mol. The zero-order valence-corrected chi connectivity index (χ0v) is 14.1. The van der Waals surface area contributed by atoms with Crippen molar-refractivity contribution in [3.63, 3.8) is 0 Å². The molecule has 134 valence electrons. The number of aromatic nitrogens is 3. The first-order valence-corrected chi connectivity index (χ1v) is 8.02. The number of hydrogen-bond acceptors (Lipinski definition) is 7. The van der Waals surface area contributed by atoms with Crippen molar-refractivity contribution in [1.29, 1.82) is 0 Å². The number of carbonyl (C=O) groups is 2. The monoisotopic (exact) mass is 355 g/mol. The number of amides is 2. The van der Waals surface area contributed by atoms with Crippen LogP contribution < -0.4 is 10.6 Å². The fraction of sp³-hybridized carbons (Fsp3) is 0.235. The smallest absolute Gasteiger partial charge is 0.292 e. The molecule has 9 nitrogen and oxygen atoms in total. The molecule has 3 rings (SSSR count). The fourth-order valence-corrected chi connectivity index (χ4v) is 2.17. The van der Waals surface area contributed by atoms with Gasteiger partial charge in [0.2, 0.25) is 5.89 Å². The molecule has 0 fully saturated rings. The summed E-state index contributed by atoms with van der Waals surface area (Å²) < 4.78 is 9.92. The Morgan fingerprint density at radius 2 is 1.73 bits per heavy atom. The van der Waals surface area contributed by atoms with Crippen molar-refractivity contribution in [2.24, 2.45) is 0 Å². The third kappa shape index (κ3) is 4.32. The second-order valence-electron chi connectivity index (χ2n) is 5.44. The Bertz CT molecular complexity index is 887. The predicted octanol–water partition coefficient (Wildman–Crippen LogP) is 1.58. The minimum Gasteiger partial charge on any atom is -0.355 e. The summed E-state index contributed by atoms with van der Waals surface area (Å²) in [5.74, 6) is 0.0825. The van der Waals surface area contributed by atoms with Gasteiger partial charge in [-0.3, -0.25) is 9.59 Å². The lowest BCUT2D eigenvalue weighted by molar-refractivity contribution is 0.0939. The number of nitrogens with one attached hydrogen (secondary N) is 2. The maximum Gasteiger partial charge on any atom is 0.292 e. The minimum atomic E-state index is -0.419. The molecule has 26 heavy (non-hydrogen) atoms. The lowest BCUT2D eigenvalue weighted by Crippen LogP contribution is -2.30. The first kappa shape index (κ1) is 17.3. The highest BCUT2D eigenvalue weighted by Gasteiger charge is 2.14. The van der Waals surface area contributed by atoms with Crippen LogP contribution >= 0.6 is 0 Å². The van der Waals surface area contributed by atoms with Crippen LogP contribution in [0.15, 0.2) is 45.4 Å². The summed E-state index contributed by atoms with van der Waals surface area (Å²) in [6.07, 6.45) is 0.539. The summed E-state index contributed by atoms with van der Waals surface area (Å²) in [5, 5.41) is 12.7. The van der Waals surface area contributed by atoms with E-state index in [1.54, 1.807) is 13.0 Å². The van der Waals surface area contributed by atoms with Gasteiger partial charge in [-0.05, 0) is 6.42 Å². The standard InChI is InChI=1S/C17H17N5O4/c1-11-20-15(22-25-11)17(24)19-9-5-8-18-16(23)13-10-14(26-21-13)12-6-3-2-4-7-12/h2-4,6-7,10H,5,8-9H2,1H3,(H,18,23)(H,19,24). The summed E-state index contributed by atoms with van der Waals surface area (Å²) >= 11 is 0. The first-order valence-electron chi connectivity index (χ1n) is 8.02. The van der Waals surface area contributed by atoms with E-state index in [0.29, 0.717) is 31.2 Å². The molecule has 0 unspecified atom stereocenters. The molecular formula is C17H17N5O4. The molecule has 0 saturated heterocycles. The van der Waals surface area contributed by atoms with E-state index in [1.165, 1.54) is 0 Å². The third-order valence-electron chi connectivity index (χ3n) is 3.46. The van der Waals surface area contributed by atoms with Crippen LogP contribution in [-0.2, 0) is 0 Å². The second kappa shape index (κ2) is 8.06. The molecule has 0 aliphatic rings. The third-order valence-corrected chi connectivity index (χ3v) is 3.46. The van der Waals surface area contributed by atoms with E-state index in [9.17, 15) is 9.59 Å². The van der Waals surface area contributed by atoms with E-state index in [1.807, 2.05) is 30.3 Å². The van der Waals surface area contributed by atoms with Crippen LogP contribution in [0.5, 0.6) is 0 Å². The lowest BCUT2D eigenvalue weighted by Gasteiger charge is -2.03. The average molecular weight is 355 g/mol. The number of nitrogens with zero attached hydrogens (tertiary/aromatic N) is 3. The number of hydrogen-bond donors (Lipinski definition) is 2.